The Kier molecular flexibility index (Phi) is 3.35. The van der Waals surface area contributed by atoms with Crippen LogP contribution in [0.4, 0.5) is 0 Å². The first kappa shape index (κ1) is 12.6. The molecule has 7 heteroatoms. The number of aryl methyl sites for hydroxylation is 1. The topological polar surface area (TPSA) is 92.4 Å². The second-order valence-electron chi connectivity index (χ2n) is 3.68. The number of phenolic OH excluding ortho intramolecular Hbond substituents is 1. The van der Waals surface area contributed by atoms with Crippen molar-refractivity contribution in [3.05, 3.63) is 42.1 Å². The molecule has 2 aromatic rings. The Morgan fingerprint density at radius 2 is 2.00 bits per heavy atom. The number of rotatable bonds is 4. The maximum Gasteiger partial charge on any atom is 0.241 e. The molecule has 0 aliphatic rings. The molecular weight excluding hydrogens is 256 g/mol. The van der Waals surface area contributed by atoms with Crippen molar-refractivity contribution in [2.75, 3.05) is 0 Å². The number of hydrogen-bond donors (Lipinski definition) is 2. The first-order chi connectivity index (χ1) is 8.47. The summed E-state index contributed by atoms with van der Waals surface area (Å²) in [6.07, 6.45) is 1.52. The zero-order valence-electron chi connectivity index (χ0n) is 9.62. The van der Waals surface area contributed by atoms with Crippen molar-refractivity contribution in [1.82, 2.24) is 9.71 Å². The van der Waals surface area contributed by atoms with Gasteiger partial charge in [-0.25, -0.2) is 18.1 Å². The van der Waals surface area contributed by atoms with Crippen molar-refractivity contribution in [1.29, 1.82) is 0 Å². The molecule has 0 bridgehead atoms. The third-order valence-corrected chi connectivity index (χ3v) is 3.65. The van der Waals surface area contributed by atoms with E-state index in [1.54, 1.807) is 6.92 Å². The average molecular weight is 268 g/mol. The number of aromatic nitrogens is 1. The van der Waals surface area contributed by atoms with Crippen molar-refractivity contribution in [3.63, 3.8) is 0 Å². The quantitative estimate of drug-likeness (QED) is 0.868. The van der Waals surface area contributed by atoms with Crippen LogP contribution in [0.15, 0.2) is 39.8 Å². The lowest BCUT2D eigenvalue weighted by Crippen LogP contribution is -2.23. The summed E-state index contributed by atoms with van der Waals surface area (Å²) in [5.74, 6) is 0.931. The molecule has 96 valence electrons. The maximum atomic E-state index is 11.9. The van der Waals surface area contributed by atoms with E-state index in [4.69, 9.17) is 9.52 Å². The Morgan fingerprint density at radius 1 is 1.33 bits per heavy atom. The number of oxazole rings is 1. The summed E-state index contributed by atoms with van der Waals surface area (Å²) in [6.45, 7) is 1.71. The summed E-state index contributed by atoms with van der Waals surface area (Å²) in [5.41, 5.74) is 0. The van der Waals surface area contributed by atoms with Gasteiger partial charge in [-0.15, -0.1) is 0 Å². The van der Waals surface area contributed by atoms with Crippen molar-refractivity contribution in [2.24, 2.45) is 0 Å². The van der Waals surface area contributed by atoms with Gasteiger partial charge in [0.1, 0.15) is 11.5 Å². The zero-order chi connectivity index (χ0) is 13.2. The summed E-state index contributed by atoms with van der Waals surface area (Å²) < 4.78 is 31.2. The van der Waals surface area contributed by atoms with Gasteiger partial charge in [-0.3, -0.25) is 0 Å². The lowest BCUT2D eigenvalue weighted by atomic mass is 10.3. The van der Waals surface area contributed by atoms with Crippen LogP contribution in [0.2, 0.25) is 0 Å². The van der Waals surface area contributed by atoms with E-state index in [1.165, 1.54) is 30.5 Å². The molecule has 0 saturated carbocycles. The molecule has 0 aliphatic carbocycles. The van der Waals surface area contributed by atoms with Crippen LogP contribution in [0.1, 0.15) is 11.7 Å². The monoisotopic (exact) mass is 268 g/mol. The highest BCUT2D eigenvalue weighted by Gasteiger charge is 2.14. The zero-order valence-corrected chi connectivity index (χ0v) is 10.4. The Morgan fingerprint density at radius 3 is 2.56 bits per heavy atom. The van der Waals surface area contributed by atoms with Gasteiger partial charge < -0.3 is 9.52 Å². The molecule has 0 unspecified atom stereocenters. The minimum Gasteiger partial charge on any atom is -0.508 e. The Bertz CT molecular complexity index is 631. The summed E-state index contributed by atoms with van der Waals surface area (Å²) >= 11 is 0. The molecule has 0 saturated heterocycles. The van der Waals surface area contributed by atoms with Crippen LogP contribution in [0, 0.1) is 6.92 Å². The van der Waals surface area contributed by atoms with Crippen LogP contribution in [-0.4, -0.2) is 18.5 Å². The molecule has 18 heavy (non-hydrogen) atoms. The summed E-state index contributed by atoms with van der Waals surface area (Å²) in [7, 11) is -3.63. The second-order valence-corrected chi connectivity index (χ2v) is 5.45. The van der Waals surface area contributed by atoms with Gasteiger partial charge in [0.25, 0.3) is 0 Å². The number of benzene rings is 1. The van der Waals surface area contributed by atoms with Gasteiger partial charge in [-0.05, 0) is 31.2 Å². The molecule has 1 aromatic carbocycles. The minimum atomic E-state index is -3.63. The van der Waals surface area contributed by atoms with Gasteiger partial charge in [-0.1, -0.05) is 0 Å². The highest BCUT2D eigenvalue weighted by Crippen LogP contribution is 2.14. The fourth-order valence-electron chi connectivity index (χ4n) is 1.35. The summed E-state index contributed by atoms with van der Waals surface area (Å²) in [5, 5.41) is 9.09. The van der Waals surface area contributed by atoms with Gasteiger partial charge >= 0.3 is 0 Å². The number of sulfonamides is 1. The van der Waals surface area contributed by atoms with E-state index in [0.717, 1.165) is 0 Å². The Balaban J connectivity index is 2.10. The average Bonchev–Trinajstić information content (AvgIpc) is 2.73. The van der Waals surface area contributed by atoms with E-state index < -0.39 is 10.0 Å². The van der Waals surface area contributed by atoms with Crippen LogP contribution in [0.5, 0.6) is 5.75 Å². The van der Waals surface area contributed by atoms with Crippen LogP contribution < -0.4 is 4.72 Å². The number of aromatic hydroxyl groups is 1. The molecule has 0 atom stereocenters. The van der Waals surface area contributed by atoms with E-state index in [0.29, 0.717) is 11.7 Å². The molecule has 0 spiro atoms. The van der Waals surface area contributed by atoms with E-state index in [1.807, 2.05) is 0 Å². The van der Waals surface area contributed by atoms with Gasteiger partial charge in [0.15, 0.2) is 0 Å². The number of phenols is 1. The standard InChI is InChI=1S/C11H12N2O4S/c1-8-6-12-11(17-8)7-13-18(15,16)10-4-2-9(14)3-5-10/h2-6,13-14H,7H2,1H3. The second kappa shape index (κ2) is 4.79. The van der Waals surface area contributed by atoms with Crippen molar-refractivity contribution < 1.29 is 17.9 Å². The van der Waals surface area contributed by atoms with E-state index in [-0.39, 0.29) is 17.2 Å². The lowest BCUT2D eigenvalue weighted by molar-refractivity contribution is 0.463. The Labute approximate surface area is 104 Å². The molecule has 2 rings (SSSR count). The number of nitrogens with one attached hydrogen (secondary N) is 1. The lowest BCUT2D eigenvalue weighted by Gasteiger charge is -2.04. The molecule has 2 N–H and O–H groups in total. The van der Waals surface area contributed by atoms with Crippen molar-refractivity contribution in [3.8, 4) is 5.75 Å². The molecule has 1 heterocycles. The number of hydrogen-bond acceptors (Lipinski definition) is 5. The molecule has 0 amide bonds. The van der Waals surface area contributed by atoms with Crippen LogP contribution >= 0.6 is 0 Å². The molecule has 1 aromatic heterocycles. The van der Waals surface area contributed by atoms with Gasteiger partial charge in [0, 0.05) is 0 Å². The van der Waals surface area contributed by atoms with E-state index in [9.17, 15) is 8.42 Å². The molecule has 0 radical (unpaired) electrons. The van der Waals surface area contributed by atoms with Gasteiger partial charge in [-0.2, -0.15) is 0 Å². The largest absolute Gasteiger partial charge is 0.508 e. The fraction of sp³-hybridized carbons (Fsp3) is 0.182. The summed E-state index contributed by atoms with van der Waals surface area (Å²) in [6, 6.07) is 5.25. The predicted molar refractivity (Wildman–Crippen MR) is 63.4 cm³/mol. The third-order valence-electron chi connectivity index (χ3n) is 2.23. The normalized spacial score (nSPS) is 11.6. The predicted octanol–water partition coefficient (Wildman–Crippen LogP) is 1.17. The first-order valence-electron chi connectivity index (χ1n) is 5.17. The maximum absolute atomic E-state index is 11.9. The smallest absolute Gasteiger partial charge is 0.241 e. The molecular formula is C11H12N2O4S. The van der Waals surface area contributed by atoms with Crippen LogP contribution in [0.3, 0.4) is 0 Å². The molecule has 6 nitrogen and oxygen atoms in total. The number of nitrogens with zero attached hydrogens (tertiary/aromatic N) is 1. The van der Waals surface area contributed by atoms with Crippen LogP contribution in [0.25, 0.3) is 0 Å². The summed E-state index contributed by atoms with van der Waals surface area (Å²) in [4.78, 5) is 3.97. The fourth-order valence-corrected chi connectivity index (χ4v) is 2.32. The SMILES string of the molecule is Cc1cnc(CNS(=O)(=O)c2ccc(O)cc2)o1. The van der Waals surface area contributed by atoms with E-state index in [2.05, 4.69) is 9.71 Å². The van der Waals surface area contributed by atoms with Gasteiger partial charge in [0.2, 0.25) is 15.9 Å². The van der Waals surface area contributed by atoms with E-state index >= 15 is 0 Å². The first-order valence-corrected chi connectivity index (χ1v) is 6.66. The molecule has 0 fully saturated rings. The van der Waals surface area contributed by atoms with Gasteiger partial charge in [0.05, 0.1) is 17.6 Å². The highest BCUT2D eigenvalue weighted by atomic mass is 32.2. The van der Waals surface area contributed by atoms with Crippen LogP contribution in [-0.2, 0) is 16.6 Å². The minimum absolute atomic E-state index is 0.0114. The molecule has 0 aliphatic heterocycles. The third kappa shape index (κ3) is 2.88. The van der Waals surface area contributed by atoms with Crippen molar-refractivity contribution >= 4 is 10.0 Å². The van der Waals surface area contributed by atoms with Crippen molar-refractivity contribution in [2.45, 2.75) is 18.4 Å². The highest BCUT2D eigenvalue weighted by molar-refractivity contribution is 7.89. The Hall–Kier alpha value is -1.86.